The Bertz CT molecular complexity index is 986. The van der Waals surface area contributed by atoms with E-state index >= 15 is 0 Å². The van der Waals surface area contributed by atoms with Gasteiger partial charge in [-0.2, -0.15) is 4.73 Å². The summed E-state index contributed by atoms with van der Waals surface area (Å²) in [6.45, 7) is 0.0747. The van der Waals surface area contributed by atoms with Gasteiger partial charge in [0.1, 0.15) is 0 Å². The zero-order valence-electron chi connectivity index (χ0n) is 15.1. The van der Waals surface area contributed by atoms with Crippen LogP contribution in [0.3, 0.4) is 0 Å². The monoisotopic (exact) mass is 359 g/mol. The Morgan fingerprint density at radius 1 is 0.815 bits per heavy atom. The molecule has 4 aromatic rings. The number of rotatable bonds is 6. The van der Waals surface area contributed by atoms with Crippen LogP contribution < -0.4 is 4.84 Å². The molecule has 0 fully saturated rings. The highest BCUT2D eigenvalue weighted by atomic mass is 16.8. The first kappa shape index (κ1) is 17.3. The fraction of sp³-hybridized carbons (Fsp3) is 0.130. The second kappa shape index (κ2) is 7.27. The lowest BCUT2D eigenvalue weighted by Crippen LogP contribution is -2.33. The molecule has 136 valence electrons. The maximum absolute atomic E-state index is 12.1. The molecule has 1 aromatic heterocycles. The summed E-state index contributed by atoms with van der Waals surface area (Å²) >= 11 is 0. The Balaban J connectivity index is 2.01. The average molecular weight is 359 g/mol. The van der Waals surface area contributed by atoms with E-state index < -0.39 is 5.60 Å². The van der Waals surface area contributed by atoms with Gasteiger partial charge in [0.25, 0.3) is 0 Å². The van der Waals surface area contributed by atoms with Gasteiger partial charge in [0.15, 0.2) is 5.60 Å². The number of aromatic nitrogens is 1. The summed E-state index contributed by atoms with van der Waals surface area (Å²) in [7, 11) is 1.58. The molecule has 1 heterocycles. The number of para-hydroxylation sites is 1. The topological polar surface area (TPSA) is 43.6 Å². The number of hydrogen-bond donors (Lipinski definition) is 1. The van der Waals surface area contributed by atoms with Crippen molar-refractivity contribution >= 4 is 10.9 Å². The van der Waals surface area contributed by atoms with E-state index in [1.165, 1.54) is 0 Å². The molecule has 4 rings (SSSR count). The van der Waals surface area contributed by atoms with Gasteiger partial charge >= 0.3 is 0 Å². The lowest BCUT2D eigenvalue weighted by atomic mass is 9.83. The zero-order valence-corrected chi connectivity index (χ0v) is 15.1. The van der Waals surface area contributed by atoms with Crippen molar-refractivity contribution in [3.63, 3.8) is 0 Å². The van der Waals surface area contributed by atoms with Crippen LogP contribution in [0.2, 0.25) is 0 Å². The van der Waals surface area contributed by atoms with Gasteiger partial charge in [0.05, 0.1) is 11.2 Å². The van der Waals surface area contributed by atoms with Crippen molar-refractivity contribution in [1.82, 2.24) is 4.73 Å². The number of fused-ring (bicyclic) bond motifs is 1. The highest BCUT2D eigenvalue weighted by molar-refractivity contribution is 5.81. The van der Waals surface area contributed by atoms with Crippen LogP contribution in [-0.2, 0) is 10.3 Å². The van der Waals surface area contributed by atoms with E-state index in [1.54, 1.807) is 11.8 Å². The molecule has 3 aromatic carbocycles. The summed E-state index contributed by atoms with van der Waals surface area (Å²) in [6, 6.07) is 29.1. The van der Waals surface area contributed by atoms with Gasteiger partial charge in [-0.25, -0.2) is 0 Å². The summed E-state index contributed by atoms with van der Waals surface area (Å²) in [4.78, 5) is 5.86. The average Bonchev–Trinajstić information content (AvgIpc) is 3.12. The number of nitrogens with zero attached hydrogens (tertiary/aromatic N) is 1. The van der Waals surface area contributed by atoms with E-state index in [0.29, 0.717) is 5.69 Å². The van der Waals surface area contributed by atoms with Crippen molar-refractivity contribution in [2.75, 3.05) is 13.9 Å². The predicted molar refractivity (Wildman–Crippen MR) is 105 cm³/mol. The highest BCUT2D eigenvalue weighted by Gasteiger charge is 2.38. The molecule has 0 bridgehead atoms. The van der Waals surface area contributed by atoms with Crippen molar-refractivity contribution in [2.45, 2.75) is 5.60 Å². The van der Waals surface area contributed by atoms with Gasteiger partial charge in [-0.05, 0) is 23.3 Å². The van der Waals surface area contributed by atoms with E-state index in [4.69, 9.17) is 9.57 Å². The quantitative estimate of drug-likeness (QED) is 0.530. The van der Waals surface area contributed by atoms with Gasteiger partial charge in [-0.3, -0.25) is 0 Å². The Morgan fingerprint density at radius 3 is 1.96 bits per heavy atom. The number of methoxy groups -OCH3 is 1. The second-order valence-electron chi connectivity index (χ2n) is 6.36. The fourth-order valence-electron chi connectivity index (χ4n) is 3.45. The van der Waals surface area contributed by atoms with Gasteiger partial charge in [-0.15, -0.1) is 0 Å². The van der Waals surface area contributed by atoms with Gasteiger partial charge in [0.2, 0.25) is 6.79 Å². The van der Waals surface area contributed by atoms with Crippen LogP contribution in [0.15, 0.2) is 91.0 Å². The van der Waals surface area contributed by atoms with Crippen LogP contribution >= 0.6 is 0 Å². The van der Waals surface area contributed by atoms with E-state index in [2.05, 4.69) is 0 Å². The van der Waals surface area contributed by atoms with Crippen LogP contribution in [0.25, 0.3) is 10.9 Å². The molecular formula is C23H21NO3. The molecule has 27 heavy (non-hydrogen) atoms. The standard InChI is InChI=1S/C23H21NO3/c1-26-17-27-24-21-15-9-8-10-18(21)16-22(24)23(25,19-11-4-2-5-12-19)20-13-6-3-7-14-20/h2-16,25H,17H2,1H3. The molecule has 0 spiro atoms. The van der Waals surface area contributed by atoms with Crippen LogP contribution in [-0.4, -0.2) is 23.7 Å². The van der Waals surface area contributed by atoms with Crippen molar-refractivity contribution < 1.29 is 14.7 Å². The van der Waals surface area contributed by atoms with E-state index in [9.17, 15) is 5.11 Å². The molecule has 0 amide bonds. The fourth-order valence-corrected chi connectivity index (χ4v) is 3.45. The maximum atomic E-state index is 12.1. The number of benzene rings is 3. The molecule has 1 N–H and O–H groups in total. The number of ether oxygens (including phenoxy) is 1. The molecule has 0 radical (unpaired) electrons. The van der Waals surface area contributed by atoms with Crippen molar-refractivity contribution in [2.24, 2.45) is 0 Å². The third-order valence-corrected chi connectivity index (χ3v) is 4.72. The first-order valence-corrected chi connectivity index (χ1v) is 8.82. The smallest absolute Gasteiger partial charge is 0.214 e. The van der Waals surface area contributed by atoms with Crippen molar-refractivity contribution in [1.29, 1.82) is 0 Å². The van der Waals surface area contributed by atoms with E-state index in [1.807, 2.05) is 91.0 Å². The maximum Gasteiger partial charge on any atom is 0.214 e. The lowest BCUT2D eigenvalue weighted by Gasteiger charge is -2.30. The van der Waals surface area contributed by atoms with Crippen LogP contribution in [0, 0.1) is 0 Å². The molecule has 0 aliphatic rings. The minimum atomic E-state index is -1.38. The van der Waals surface area contributed by atoms with Gasteiger partial charge < -0.3 is 14.7 Å². The lowest BCUT2D eigenvalue weighted by molar-refractivity contribution is -0.0444. The first-order valence-electron chi connectivity index (χ1n) is 8.82. The molecule has 4 heteroatoms. The molecule has 0 unspecified atom stereocenters. The van der Waals surface area contributed by atoms with Crippen LogP contribution in [0.4, 0.5) is 0 Å². The van der Waals surface area contributed by atoms with Crippen molar-refractivity contribution in [3.8, 4) is 0 Å². The number of aliphatic hydroxyl groups is 1. The summed E-state index contributed by atoms with van der Waals surface area (Å²) in [6.07, 6.45) is 0. The Kier molecular flexibility index (Phi) is 4.67. The summed E-state index contributed by atoms with van der Waals surface area (Å²) in [5.74, 6) is 0. The van der Waals surface area contributed by atoms with Gasteiger partial charge in [0, 0.05) is 12.5 Å². The summed E-state index contributed by atoms with van der Waals surface area (Å²) in [5, 5.41) is 13.0. The second-order valence-corrected chi connectivity index (χ2v) is 6.36. The Hall–Kier alpha value is -3.08. The highest BCUT2D eigenvalue weighted by Crippen LogP contribution is 2.38. The SMILES string of the molecule is COCOn1c(C(O)(c2ccccc2)c2ccccc2)cc2ccccc21. The summed E-state index contributed by atoms with van der Waals surface area (Å²) < 4.78 is 6.78. The molecule has 0 aliphatic carbocycles. The molecular weight excluding hydrogens is 338 g/mol. The van der Waals surface area contributed by atoms with Gasteiger partial charge in [-0.1, -0.05) is 78.9 Å². The third kappa shape index (κ3) is 2.99. The van der Waals surface area contributed by atoms with E-state index in [0.717, 1.165) is 22.0 Å². The summed E-state index contributed by atoms with van der Waals surface area (Å²) in [5.41, 5.74) is 1.64. The number of hydrogen-bond acceptors (Lipinski definition) is 3. The molecule has 4 nitrogen and oxygen atoms in total. The largest absolute Gasteiger partial charge is 0.385 e. The molecule has 0 saturated carbocycles. The van der Waals surface area contributed by atoms with E-state index in [-0.39, 0.29) is 6.79 Å². The molecule has 0 aliphatic heterocycles. The van der Waals surface area contributed by atoms with Crippen LogP contribution in [0.5, 0.6) is 0 Å². The Labute approximate surface area is 158 Å². The Morgan fingerprint density at radius 2 is 1.37 bits per heavy atom. The first-order chi connectivity index (χ1) is 13.2. The normalized spacial score (nSPS) is 11.6. The minimum absolute atomic E-state index is 0.0747. The minimum Gasteiger partial charge on any atom is -0.385 e. The molecule has 0 atom stereocenters. The molecule has 0 saturated heterocycles. The van der Waals surface area contributed by atoms with Crippen LogP contribution in [0.1, 0.15) is 16.8 Å². The zero-order chi connectivity index (χ0) is 18.7. The third-order valence-electron chi connectivity index (χ3n) is 4.72. The predicted octanol–water partition coefficient (Wildman–Crippen LogP) is 3.96. The van der Waals surface area contributed by atoms with Crippen molar-refractivity contribution in [3.05, 3.63) is 108 Å².